The van der Waals surface area contributed by atoms with Crippen molar-refractivity contribution in [2.75, 3.05) is 39.6 Å². The summed E-state index contributed by atoms with van der Waals surface area (Å²) in [6.07, 6.45) is -0.619. The second-order valence-corrected chi connectivity index (χ2v) is 7.17. The topological polar surface area (TPSA) is 103 Å². The molecule has 0 aliphatic carbocycles. The lowest BCUT2D eigenvalue weighted by molar-refractivity contribution is -0.140. The first-order valence-electron chi connectivity index (χ1n) is 10.6. The number of esters is 1. The van der Waals surface area contributed by atoms with Crippen LogP contribution < -0.4 is 14.8 Å². The van der Waals surface area contributed by atoms with E-state index in [1.165, 1.54) is 0 Å². The standard InChI is InChI=1S/C25H27NO7/c1-17(2)24(28)32-16-15-30-13-11-26-25(29)33-23-20-9-5-3-7-18(20)22(31-14-12-27)19-8-4-6-10-21(19)23/h3-10,27H,1,11-16H2,2H3,(H,26,29). The van der Waals surface area contributed by atoms with E-state index in [0.717, 1.165) is 21.5 Å². The molecular weight excluding hydrogens is 426 g/mol. The summed E-state index contributed by atoms with van der Waals surface area (Å²) in [7, 11) is 0. The first-order valence-corrected chi connectivity index (χ1v) is 10.6. The second kappa shape index (κ2) is 11.8. The fourth-order valence-electron chi connectivity index (χ4n) is 3.23. The number of hydrogen-bond donors (Lipinski definition) is 2. The minimum absolute atomic E-state index is 0.109. The van der Waals surface area contributed by atoms with Crippen molar-refractivity contribution >= 4 is 33.6 Å². The van der Waals surface area contributed by atoms with Gasteiger partial charge in [-0.15, -0.1) is 0 Å². The molecule has 0 spiro atoms. The molecule has 0 atom stereocenters. The van der Waals surface area contributed by atoms with E-state index in [-0.39, 0.29) is 39.6 Å². The van der Waals surface area contributed by atoms with Crippen molar-refractivity contribution in [3.05, 3.63) is 60.7 Å². The van der Waals surface area contributed by atoms with E-state index < -0.39 is 12.1 Å². The highest BCUT2D eigenvalue weighted by Crippen LogP contribution is 2.42. The molecule has 0 saturated heterocycles. The molecule has 0 saturated carbocycles. The van der Waals surface area contributed by atoms with Gasteiger partial charge in [0.15, 0.2) is 0 Å². The van der Waals surface area contributed by atoms with Crippen molar-refractivity contribution in [2.45, 2.75) is 6.92 Å². The summed E-state index contributed by atoms with van der Waals surface area (Å²) >= 11 is 0. The molecule has 8 heteroatoms. The fraction of sp³-hybridized carbons (Fsp3) is 0.280. The van der Waals surface area contributed by atoms with E-state index >= 15 is 0 Å². The van der Waals surface area contributed by atoms with E-state index in [0.29, 0.717) is 17.1 Å². The van der Waals surface area contributed by atoms with E-state index in [9.17, 15) is 14.7 Å². The van der Waals surface area contributed by atoms with Gasteiger partial charge in [-0.05, 0) is 6.92 Å². The Labute approximate surface area is 191 Å². The molecule has 0 heterocycles. The highest BCUT2D eigenvalue weighted by atomic mass is 16.6. The molecule has 0 aliphatic rings. The number of benzene rings is 3. The van der Waals surface area contributed by atoms with Crippen LogP contribution in [0.5, 0.6) is 11.5 Å². The highest BCUT2D eigenvalue weighted by Gasteiger charge is 2.18. The number of hydrogen-bond acceptors (Lipinski definition) is 7. The maximum absolute atomic E-state index is 12.5. The molecule has 0 aliphatic heterocycles. The minimum Gasteiger partial charge on any atom is -0.490 e. The average molecular weight is 453 g/mol. The Kier molecular flexibility index (Phi) is 8.63. The van der Waals surface area contributed by atoms with Crippen molar-refractivity contribution < 1.29 is 33.6 Å². The van der Waals surface area contributed by atoms with Gasteiger partial charge in [0.25, 0.3) is 0 Å². The summed E-state index contributed by atoms with van der Waals surface area (Å²) in [6.45, 7) is 5.89. The van der Waals surface area contributed by atoms with Crippen molar-refractivity contribution in [1.29, 1.82) is 0 Å². The minimum atomic E-state index is -0.619. The smallest absolute Gasteiger partial charge is 0.412 e. The summed E-state index contributed by atoms with van der Waals surface area (Å²) in [5.74, 6) is 0.582. The van der Waals surface area contributed by atoms with Gasteiger partial charge in [0.2, 0.25) is 0 Å². The van der Waals surface area contributed by atoms with Gasteiger partial charge in [0.1, 0.15) is 24.7 Å². The molecule has 3 rings (SSSR count). The Hall–Kier alpha value is -3.62. The van der Waals surface area contributed by atoms with E-state index in [2.05, 4.69) is 11.9 Å². The number of carbonyl (C=O) groups is 2. The highest BCUT2D eigenvalue weighted by molar-refractivity contribution is 6.11. The van der Waals surface area contributed by atoms with Gasteiger partial charge in [-0.25, -0.2) is 9.59 Å². The van der Waals surface area contributed by atoms with E-state index in [1.807, 2.05) is 48.5 Å². The van der Waals surface area contributed by atoms with Gasteiger partial charge in [-0.3, -0.25) is 0 Å². The molecule has 3 aromatic carbocycles. The Morgan fingerprint density at radius 3 is 2.00 bits per heavy atom. The number of ether oxygens (including phenoxy) is 4. The number of aliphatic hydroxyl groups excluding tert-OH is 1. The predicted octanol–water partition coefficient (Wildman–Crippen LogP) is 3.59. The van der Waals surface area contributed by atoms with Crippen LogP contribution in [0.15, 0.2) is 60.7 Å². The third-order valence-corrected chi connectivity index (χ3v) is 4.69. The summed E-state index contributed by atoms with van der Waals surface area (Å²) in [5.41, 5.74) is 0.326. The fourth-order valence-corrected chi connectivity index (χ4v) is 3.23. The van der Waals surface area contributed by atoms with Crippen molar-refractivity contribution in [3.8, 4) is 11.5 Å². The third kappa shape index (κ3) is 6.21. The summed E-state index contributed by atoms with van der Waals surface area (Å²) < 4.78 is 21.8. The number of fused-ring (bicyclic) bond motifs is 2. The van der Waals surface area contributed by atoms with E-state index in [1.54, 1.807) is 6.92 Å². The molecule has 2 N–H and O–H groups in total. The number of carbonyl (C=O) groups excluding carboxylic acids is 2. The van der Waals surface area contributed by atoms with Crippen LogP contribution in [-0.2, 0) is 14.3 Å². The first-order chi connectivity index (χ1) is 16.0. The monoisotopic (exact) mass is 453 g/mol. The Morgan fingerprint density at radius 1 is 0.879 bits per heavy atom. The molecule has 0 radical (unpaired) electrons. The van der Waals surface area contributed by atoms with Gasteiger partial charge in [0.05, 0.1) is 19.8 Å². The van der Waals surface area contributed by atoms with Gasteiger partial charge in [0, 0.05) is 33.7 Å². The Balaban J connectivity index is 1.66. The molecule has 0 bridgehead atoms. The summed E-state index contributed by atoms with van der Waals surface area (Å²) in [5, 5.41) is 14.8. The van der Waals surface area contributed by atoms with Gasteiger partial charge >= 0.3 is 12.1 Å². The van der Waals surface area contributed by atoms with Crippen molar-refractivity contribution in [2.24, 2.45) is 0 Å². The van der Waals surface area contributed by atoms with Crippen LogP contribution in [0.1, 0.15) is 6.92 Å². The van der Waals surface area contributed by atoms with Gasteiger partial charge in [-0.1, -0.05) is 55.1 Å². The van der Waals surface area contributed by atoms with E-state index in [4.69, 9.17) is 18.9 Å². The maximum Gasteiger partial charge on any atom is 0.412 e. The normalized spacial score (nSPS) is 10.7. The summed E-state index contributed by atoms with van der Waals surface area (Å²) in [4.78, 5) is 23.8. The van der Waals surface area contributed by atoms with Gasteiger partial charge in [-0.2, -0.15) is 0 Å². The molecule has 1 amide bonds. The first kappa shape index (κ1) is 24.0. The Bertz CT molecular complexity index is 1090. The lowest BCUT2D eigenvalue weighted by Gasteiger charge is -2.17. The lowest BCUT2D eigenvalue weighted by atomic mass is 10.0. The van der Waals surface area contributed by atoms with Crippen molar-refractivity contribution in [1.82, 2.24) is 5.32 Å². The van der Waals surface area contributed by atoms with Gasteiger partial charge < -0.3 is 29.4 Å². The SMILES string of the molecule is C=C(C)C(=O)OCCOCCNC(=O)Oc1c2ccccc2c(OCCO)c2ccccc12. The molecule has 33 heavy (non-hydrogen) atoms. The maximum atomic E-state index is 12.5. The predicted molar refractivity (Wildman–Crippen MR) is 125 cm³/mol. The largest absolute Gasteiger partial charge is 0.490 e. The quantitative estimate of drug-likeness (QED) is 0.198. The second-order valence-electron chi connectivity index (χ2n) is 7.17. The van der Waals surface area contributed by atoms with Crippen LogP contribution >= 0.6 is 0 Å². The molecular formula is C25H27NO7. The van der Waals surface area contributed by atoms with Crippen molar-refractivity contribution in [3.63, 3.8) is 0 Å². The zero-order valence-electron chi connectivity index (χ0n) is 18.5. The Morgan fingerprint density at radius 2 is 1.45 bits per heavy atom. The molecule has 0 aromatic heterocycles. The zero-order valence-corrected chi connectivity index (χ0v) is 18.5. The molecule has 3 aromatic rings. The van der Waals surface area contributed by atoms with Crippen LogP contribution in [0.25, 0.3) is 21.5 Å². The molecule has 174 valence electrons. The van der Waals surface area contributed by atoms with Crippen LogP contribution in [0.3, 0.4) is 0 Å². The average Bonchev–Trinajstić information content (AvgIpc) is 2.82. The molecule has 0 unspecified atom stereocenters. The molecule has 8 nitrogen and oxygen atoms in total. The third-order valence-electron chi connectivity index (χ3n) is 4.69. The number of nitrogens with one attached hydrogen (secondary N) is 1. The van der Waals surface area contributed by atoms with Crippen LogP contribution in [0.4, 0.5) is 4.79 Å². The zero-order chi connectivity index (χ0) is 23.6. The van der Waals surface area contributed by atoms with Crippen LogP contribution in [-0.4, -0.2) is 56.7 Å². The summed E-state index contributed by atoms with van der Waals surface area (Å²) in [6, 6.07) is 14.9. The number of rotatable bonds is 11. The lowest BCUT2D eigenvalue weighted by Crippen LogP contribution is -2.30. The molecule has 0 fully saturated rings. The van der Waals surface area contributed by atoms with Crippen LogP contribution in [0.2, 0.25) is 0 Å². The number of amides is 1. The number of aliphatic hydroxyl groups is 1. The van der Waals surface area contributed by atoms with Crippen LogP contribution in [0, 0.1) is 0 Å².